The lowest BCUT2D eigenvalue weighted by Gasteiger charge is -2.09. The third kappa shape index (κ3) is 1.58. The standard InChI is InChI=1S/C11H16N2/c1-8(2)10-12-6-9(7-13-10)11(3)4-5-11/h6-8H,4-5H2,1-3H3. The van der Waals surface area contributed by atoms with Crippen LogP contribution in [-0.2, 0) is 5.41 Å². The summed E-state index contributed by atoms with van der Waals surface area (Å²) in [6.07, 6.45) is 6.57. The van der Waals surface area contributed by atoms with Crippen LogP contribution in [0, 0.1) is 0 Å². The fourth-order valence-electron chi connectivity index (χ4n) is 1.42. The lowest BCUT2D eigenvalue weighted by molar-refractivity contribution is 0.731. The van der Waals surface area contributed by atoms with Crippen LogP contribution in [0.15, 0.2) is 12.4 Å². The molecular formula is C11H16N2. The number of hydrogen-bond donors (Lipinski definition) is 0. The second-order valence-corrected chi connectivity index (χ2v) is 4.55. The minimum Gasteiger partial charge on any atom is -0.241 e. The Hall–Kier alpha value is -0.920. The highest BCUT2D eigenvalue weighted by Gasteiger charge is 2.39. The van der Waals surface area contributed by atoms with Crippen LogP contribution >= 0.6 is 0 Å². The summed E-state index contributed by atoms with van der Waals surface area (Å²) in [6, 6.07) is 0. The highest BCUT2D eigenvalue weighted by atomic mass is 14.9. The van der Waals surface area contributed by atoms with Gasteiger partial charge in [-0.15, -0.1) is 0 Å². The van der Waals surface area contributed by atoms with Gasteiger partial charge in [-0.05, 0) is 23.8 Å². The fourth-order valence-corrected chi connectivity index (χ4v) is 1.42. The first kappa shape index (κ1) is 8.67. The molecule has 1 heterocycles. The molecular weight excluding hydrogens is 160 g/mol. The van der Waals surface area contributed by atoms with Gasteiger partial charge in [-0.1, -0.05) is 20.8 Å². The Balaban J connectivity index is 2.24. The summed E-state index contributed by atoms with van der Waals surface area (Å²) in [7, 11) is 0. The van der Waals surface area contributed by atoms with Crippen LogP contribution in [0.25, 0.3) is 0 Å². The van der Waals surface area contributed by atoms with Crippen LogP contribution in [-0.4, -0.2) is 9.97 Å². The third-order valence-corrected chi connectivity index (χ3v) is 2.89. The zero-order valence-electron chi connectivity index (χ0n) is 8.54. The fraction of sp³-hybridized carbons (Fsp3) is 0.636. The van der Waals surface area contributed by atoms with E-state index in [0.717, 1.165) is 5.82 Å². The zero-order valence-corrected chi connectivity index (χ0v) is 8.54. The van der Waals surface area contributed by atoms with Crippen molar-refractivity contribution in [3.05, 3.63) is 23.8 Å². The van der Waals surface area contributed by atoms with E-state index in [-0.39, 0.29) is 0 Å². The largest absolute Gasteiger partial charge is 0.241 e. The van der Waals surface area contributed by atoms with Gasteiger partial charge in [0.1, 0.15) is 5.82 Å². The summed E-state index contributed by atoms with van der Waals surface area (Å²) in [5.41, 5.74) is 1.70. The molecule has 2 nitrogen and oxygen atoms in total. The van der Waals surface area contributed by atoms with E-state index in [1.54, 1.807) is 0 Å². The van der Waals surface area contributed by atoms with Crippen LogP contribution in [0.1, 0.15) is 50.9 Å². The highest BCUT2D eigenvalue weighted by molar-refractivity contribution is 5.25. The summed E-state index contributed by atoms with van der Waals surface area (Å²) < 4.78 is 0. The van der Waals surface area contributed by atoms with Crippen LogP contribution in [0.3, 0.4) is 0 Å². The molecule has 1 aromatic heterocycles. The molecule has 0 aromatic carbocycles. The van der Waals surface area contributed by atoms with Crippen molar-refractivity contribution in [2.45, 2.75) is 44.9 Å². The molecule has 13 heavy (non-hydrogen) atoms. The quantitative estimate of drug-likeness (QED) is 0.692. The summed E-state index contributed by atoms with van der Waals surface area (Å²) in [4.78, 5) is 8.75. The molecule has 0 amide bonds. The average molecular weight is 176 g/mol. The van der Waals surface area contributed by atoms with Gasteiger partial charge in [0.15, 0.2) is 0 Å². The van der Waals surface area contributed by atoms with Gasteiger partial charge in [-0.2, -0.15) is 0 Å². The monoisotopic (exact) mass is 176 g/mol. The van der Waals surface area contributed by atoms with E-state index in [1.165, 1.54) is 18.4 Å². The van der Waals surface area contributed by atoms with Gasteiger partial charge in [-0.3, -0.25) is 0 Å². The van der Waals surface area contributed by atoms with Gasteiger partial charge in [0, 0.05) is 18.3 Å². The van der Waals surface area contributed by atoms with E-state index in [0.29, 0.717) is 11.3 Å². The van der Waals surface area contributed by atoms with Crippen LogP contribution < -0.4 is 0 Å². The maximum atomic E-state index is 4.37. The molecule has 0 aliphatic heterocycles. The Morgan fingerprint density at radius 3 is 2.15 bits per heavy atom. The van der Waals surface area contributed by atoms with Crippen molar-refractivity contribution in [3.63, 3.8) is 0 Å². The van der Waals surface area contributed by atoms with Gasteiger partial charge in [0.05, 0.1) is 0 Å². The highest BCUT2D eigenvalue weighted by Crippen LogP contribution is 2.46. The smallest absolute Gasteiger partial charge is 0.130 e. The SMILES string of the molecule is CC(C)c1ncc(C2(C)CC2)cn1. The predicted octanol–water partition coefficient (Wildman–Crippen LogP) is 2.65. The molecule has 2 rings (SSSR count). The lowest BCUT2D eigenvalue weighted by Crippen LogP contribution is -2.04. The van der Waals surface area contributed by atoms with Crippen molar-refractivity contribution in [3.8, 4) is 0 Å². The van der Waals surface area contributed by atoms with E-state index in [4.69, 9.17) is 0 Å². The Kier molecular flexibility index (Phi) is 1.86. The predicted molar refractivity (Wildman–Crippen MR) is 52.7 cm³/mol. The van der Waals surface area contributed by atoms with Crippen LogP contribution in [0.4, 0.5) is 0 Å². The van der Waals surface area contributed by atoms with Gasteiger partial charge in [0.2, 0.25) is 0 Å². The van der Waals surface area contributed by atoms with Crippen molar-refractivity contribution >= 4 is 0 Å². The van der Waals surface area contributed by atoms with Gasteiger partial charge >= 0.3 is 0 Å². The van der Waals surface area contributed by atoms with E-state index in [2.05, 4.69) is 30.7 Å². The van der Waals surface area contributed by atoms with Crippen molar-refractivity contribution in [2.75, 3.05) is 0 Å². The maximum Gasteiger partial charge on any atom is 0.130 e. The molecule has 1 aromatic rings. The zero-order chi connectivity index (χ0) is 9.47. The Morgan fingerprint density at radius 1 is 1.23 bits per heavy atom. The van der Waals surface area contributed by atoms with E-state index >= 15 is 0 Å². The average Bonchev–Trinajstić information content (AvgIpc) is 2.85. The molecule has 0 atom stereocenters. The number of rotatable bonds is 2. The molecule has 70 valence electrons. The normalized spacial score (nSPS) is 19.1. The number of aromatic nitrogens is 2. The third-order valence-electron chi connectivity index (χ3n) is 2.89. The second kappa shape index (κ2) is 2.79. The molecule has 0 radical (unpaired) electrons. The van der Waals surface area contributed by atoms with Crippen LogP contribution in [0.5, 0.6) is 0 Å². The number of hydrogen-bond acceptors (Lipinski definition) is 2. The molecule has 2 heteroatoms. The van der Waals surface area contributed by atoms with E-state index in [9.17, 15) is 0 Å². The molecule has 0 saturated heterocycles. The molecule has 0 spiro atoms. The first-order valence-corrected chi connectivity index (χ1v) is 4.94. The molecule has 0 unspecified atom stereocenters. The van der Waals surface area contributed by atoms with Gasteiger partial charge in [0.25, 0.3) is 0 Å². The van der Waals surface area contributed by atoms with Crippen molar-refractivity contribution < 1.29 is 0 Å². The molecule has 0 N–H and O–H groups in total. The molecule has 1 fully saturated rings. The second-order valence-electron chi connectivity index (χ2n) is 4.55. The number of nitrogens with zero attached hydrogens (tertiary/aromatic N) is 2. The Bertz CT molecular complexity index is 296. The summed E-state index contributed by atoms with van der Waals surface area (Å²) >= 11 is 0. The Morgan fingerprint density at radius 2 is 1.77 bits per heavy atom. The van der Waals surface area contributed by atoms with Crippen LogP contribution in [0.2, 0.25) is 0 Å². The summed E-state index contributed by atoms with van der Waals surface area (Å²) in [6.45, 7) is 6.52. The van der Waals surface area contributed by atoms with Gasteiger partial charge < -0.3 is 0 Å². The molecule has 1 aliphatic rings. The maximum absolute atomic E-state index is 4.37. The topological polar surface area (TPSA) is 25.8 Å². The van der Waals surface area contributed by atoms with Crippen molar-refractivity contribution in [1.29, 1.82) is 0 Å². The minimum absolute atomic E-state index is 0.398. The first-order valence-electron chi connectivity index (χ1n) is 4.94. The van der Waals surface area contributed by atoms with Crippen molar-refractivity contribution in [1.82, 2.24) is 9.97 Å². The minimum atomic E-state index is 0.398. The van der Waals surface area contributed by atoms with Crippen molar-refractivity contribution in [2.24, 2.45) is 0 Å². The lowest BCUT2D eigenvalue weighted by atomic mass is 10.0. The summed E-state index contributed by atoms with van der Waals surface area (Å²) in [5.74, 6) is 1.38. The van der Waals surface area contributed by atoms with Gasteiger partial charge in [-0.25, -0.2) is 9.97 Å². The molecule has 1 saturated carbocycles. The Labute approximate surface area is 79.4 Å². The molecule has 0 bridgehead atoms. The van der Waals surface area contributed by atoms with E-state index in [1.807, 2.05) is 12.4 Å². The summed E-state index contributed by atoms with van der Waals surface area (Å²) in [5, 5.41) is 0. The molecule has 1 aliphatic carbocycles. The first-order chi connectivity index (χ1) is 6.12. The van der Waals surface area contributed by atoms with E-state index < -0.39 is 0 Å².